The van der Waals surface area contributed by atoms with Gasteiger partial charge in [-0.2, -0.15) is 0 Å². The molecule has 0 aliphatic carbocycles. The van der Waals surface area contributed by atoms with Crippen molar-refractivity contribution in [3.05, 3.63) is 0 Å². The molecule has 284 valence electrons. The Balaban J connectivity index is 6.25. The molecule has 0 aromatic rings. The average Bonchev–Trinajstić information content (AvgIpc) is 3.02. The van der Waals surface area contributed by atoms with Gasteiger partial charge >= 0.3 is 23.9 Å². The smallest absolute Gasteiger partial charge is 0.326 e. The Morgan fingerprint density at radius 2 is 0.960 bits per heavy atom. The highest BCUT2D eigenvalue weighted by molar-refractivity contribution is 5.97. The van der Waals surface area contributed by atoms with E-state index in [4.69, 9.17) is 26.8 Å². The average molecular weight is 720 g/mol. The number of hydrogen-bond donors (Lipinski definition) is 12. The number of nitrogens with one attached hydrogen (secondary N) is 5. The lowest BCUT2D eigenvalue weighted by molar-refractivity contribution is -0.144. The Bertz CT molecular complexity index is 1210. The normalized spacial score (nSPS) is 14.5. The zero-order chi connectivity index (χ0) is 38.6. The molecule has 0 fully saturated rings. The molecule has 6 unspecified atom stereocenters. The van der Waals surface area contributed by atoms with Crippen molar-refractivity contribution >= 4 is 53.4 Å². The molecule has 21 nitrogen and oxygen atoms in total. The SMILES string of the molecule is CC(C)CC(NC(=O)C(CCC(=O)O)NC(=O)C(CC(=O)O)NC(=O)C(CCCCN)NC(=O)C(CCC(=O)O)NC(=O)C(N)CO)C(=O)O. The van der Waals surface area contributed by atoms with E-state index in [-0.39, 0.29) is 31.7 Å². The first-order chi connectivity index (χ1) is 23.3. The van der Waals surface area contributed by atoms with Crippen molar-refractivity contribution in [2.45, 2.75) is 108 Å². The van der Waals surface area contributed by atoms with Gasteiger partial charge in [0.05, 0.1) is 13.0 Å². The number of carbonyl (C=O) groups is 9. The van der Waals surface area contributed by atoms with Gasteiger partial charge < -0.3 is 63.6 Å². The lowest BCUT2D eigenvalue weighted by atomic mass is 10.0. The molecule has 0 aliphatic heterocycles. The number of aliphatic carboxylic acids is 4. The van der Waals surface area contributed by atoms with Crippen molar-refractivity contribution in [3.63, 3.8) is 0 Å². The van der Waals surface area contributed by atoms with Gasteiger partial charge in [0.1, 0.15) is 36.3 Å². The molecule has 0 aromatic heterocycles. The van der Waals surface area contributed by atoms with Crippen LogP contribution < -0.4 is 38.1 Å². The predicted molar refractivity (Wildman–Crippen MR) is 171 cm³/mol. The van der Waals surface area contributed by atoms with Crippen LogP contribution in [0, 0.1) is 5.92 Å². The summed E-state index contributed by atoms with van der Waals surface area (Å²) in [5.41, 5.74) is 11.0. The van der Waals surface area contributed by atoms with E-state index in [0.29, 0.717) is 6.42 Å². The Hall–Kier alpha value is -4.89. The summed E-state index contributed by atoms with van der Waals surface area (Å²) in [4.78, 5) is 111. The quantitative estimate of drug-likeness (QED) is 0.0381. The summed E-state index contributed by atoms with van der Waals surface area (Å²) in [5.74, 6) is -11.3. The summed E-state index contributed by atoms with van der Waals surface area (Å²) in [6.07, 6.45) is -2.83. The van der Waals surface area contributed by atoms with Crippen LogP contribution in [0.4, 0.5) is 0 Å². The minimum absolute atomic E-state index is 0.00921. The van der Waals surface area contributed by atoms with Crippen molar-refractivity contribution in [3.8, 4) is 0 Å². The minimum atomic E-state index is -1.90. The van der Waals surface area contributed by atoms with E-state index >= 15 is 0 Å². The van der Waals surface area contributed by atoms with Gasteiger partial charge in [0.2, 0.25) is 29.5 Å². The van der Waals surface area contributed by atoms with Crippen LogP contribution in [-0.2, 0) is 43.2 Å². The molecular formula is C29H49N7O14. The molecular weight excluding hydrogens is 670 g/mol. The summed E-state index contributed by atoms with van der Waals surface area (Å²) in [7, 11) is 0. The largest absolute Gasteiger partial charge is 0.481 e. The summed E-state index contributed by atoms with van der Waals surface area (Å²) >= 11 is 0. The molecule has 0 rings (SSSR count). The third kappa shape index (κ3) is 18.6. The molecule has 6 atom stereocenters. The number of carbonyl (C=O) groups excluding carboxylic acids is 5. The van der Waals surface area contributed by atoms with E-state index in [1.807, 2.05) is 0 Å². The van der Waals surface area contributed by atoms with Gasteiger partial charge in [0.25, 0.3) is 0 Å². The fraction of sp³-hybridized carbons (Fsp3) is 0.690. The van der Waals surface area contributed by atoms with E-state index in [1.165, 1.54) is 0 Å². The Labute approximate surface area is 287 Å². The first-order valence-corrected chi connectivity index (χ1v) is 15.8. The highest BCUT2D eigenvalue weighted by atomic mass is 16.4. The molecule has 21 heteroatoms. The Morgan fingerprint density at radius 3 is 1.34 bits per heavy atom. The van der Waals surface area contributed by atoms with Crippen LogP contribution in [0.25, 0.3) is 0 Å². The highest BCUT2D eigenvalue weighted by Crippen LogP contribution is 2.09. The second kappa shape index (κ2) is 23.5. The summed E-state index contributed by atoms with van der Waals surface area (Å²) in [6, 6.07) is -9.46. The Kier molecular flexibility index (Phi) is 21.2. The van der Waals surface area contributed by atoms with Gasteiger partial charge in [-0.1, -0.05) is 13.8 Å². The molecule has 0 heterocycles. The van der Waals surface area contributed by atoms with Crippen molar-refractivity contribution in [2.24, 2.45) is 17.4 Å². The number of aliphatic hydroxyl groups excluding tert-OH is 1. The Morgan fingerprint density at radius 1 is 0.560 bits per heavy atom. The maximum atomic E-state index is 13.4. The first-order valence-electron chi connectivity index (χ1n) is 15.8. The molecule has 0 spiro atoms. The molecule has 0 radical (unpaired) electrons. The van der Waals surface area contributed by atoms with Gasteiger partial charge in [0.15, 0.2) is 0 Å². The standard InChI is InChI=1S/C29H49N7O14/c1-14(2)11-20(29(49)50)36-27(47)18(7-9-22(40)41)34-28(48)19(12-23(42)43)35-25(45)16(5-3-4-10-30)33-26(46)17(6-8-21(38)39)32-24(44)15(31)13-37/h14-20,37H,3-13,30-31H2,1-2H3,(H,32,44)(H,33,46)(H,34,48)(H,35,45)(H,36,47)(H,38,39)(H,40,41)(H,42,43)(H,49,50). The molecule has 0 aliphatic rings. The van der Waals surface area contributed by atoms with Crippen molar-refractivity contribution in [1.29, 1.82) is 0 Å². The number of nitrogens with two attached hydrogens (primary N) is 2. The fourth-order valence-corrected chi connectivity index (χ4v) is 4.36. The van der Waals surface area contributed by atoms with Crippen molar-refractivity contribution < 1.29 is 68.7 Å². The lowest BCUT2D eigenvalue weighted by Crippen LogP contribution is -2.59. The van der Waals surface area contributed by atoms with E-state index in [9.17, 15) is 53.4 Å². The number of hydrogen-bond acceptors (Lipinski definition) is 12. The summed E-state index contributed by atoms with van der Waals surface area (Å²) < 4.78 is 0. The molecule has 5 amide bonds. The maximum absolute atomic E-state index is 13.4. The molecule has 14 N–H and O–H groups in total. The molecule has 0 aromatic carbocycles. The molecule has 50 heavy (non-hydrogen) atoms. The number of rotatable bonds is 26. The van der Waals surface area contributed by atoms with Crippen LogP contribution in [0.2, 0.25) is 0 Å². The van der Waals surface area contributed by atoms with Crippen LogP contribution in [0.3, 0.4) is 0 Å². The maximum Gasteiger partial charge on any atom is 0.326 e. The molecule has 0 bridgehead atoms. The first kappa shape index (κ1) is 45.1. The van der Waals surface area contributed by atoms with E-state index < -0.39 is 128 Å². The lowest BCUT2D eigenvalue weighted by Gasteiger charge is -2.26. The highest BCUT2D eigenvalue weighted by Gasteiger charge is 2.34. The van der Waals surface area contributed by atoms with Crippen LogP contribution in [0.15, 0.2) is 0 Å². The predicted octanol–water partition coefficient (Wildman–Crippen LogP) is -3.81. The number of carboxylic acids is 4. The van der Waals surface area contributed by atoms with Crippen molar-refractivity contribution in [1.82, 2.24) is 26.6 Å². The van der Waals surface area contributed by atoms with Gasteiger partial charge in [-0.25, -0.2) is 4.79 Å². The van der Waals surface area contributed by atoms with Gasteiger partial charge in [-0.3, -0.25) is 38.4 Å². The van der Waals surface area contributed by atoms with Crippen LogP contribution in [0.5, 0.6) is 0 Å². The van der Waals surface area contributed by atoms with Crippen LogP contribution in [-0.4, -0.2) is 128 Å². The number of unbranched alkanes of at least 4 members (excludes halogenated alkanes) is 1. The van der Waals surface area contributed by atoms with E-state index in [0.717, 1.165) is 0 Å². The molecule has 0 saturated carbocycles. The third-order valence-corrected chi connectivity index (χ3v) is 7.01. The topological polar surface area (TPSA) is 367 Å². The van der Waals surface area contributed by atoms with Crippen LogP contribution >= 0.6 is 0 Å². The summed E-state index contributed by atoms with van der Waals surface area (Å²) in [5, 5.41) is 57.4. The minimum Gasteiger partial charge on any atom is -0.481 e. The van der Waals surface area contributed by atoms with Crippen LogP contribution in [0.1, 0.15) is 71.6 Å². The van der Waals surface area contributed by atoms with Gasteiger partial charge in [-0.05, 0) is 51.0 Å². The fourth-order valence-electron chi connectivity index (χ4n) is 4.36. The zero-order valence-corrected chi connectivity index (χ0v) is 27.9. The zero-order valence-electron chi connectivity index (χ0n) is 27.9. The van der Waals surface area contributed by atoms with Gasteiger partial charge in [-0.15, -0.1) is 0 Å². The van der Waals surface area contributed by atoms with E-state index in [2.05, 4.69) is 26.6 Å². The summed E-state index contributed by atoms with van der Waals surface area (Å²) in [6.45, 7) is 2.76. The molecule has 0 saturated heterocycles. The third-order valence-electron chi connectivity index (χ3n) is 7.01. The van der Waals surface area contributed by atoms with Crippen molar-refractivity contribution in [2.75, 3.05) is 13.2 Å². The van der Waals surface area contributed by atoms with E-state index in [1.54, 1.807) is 13.8 Å². The second-order valence-electron chi connectivity index (χ2n) is 11.8. The number of carboxylic acid groups (broad SMARTS) is 4. The number of amides is 5. The number of aliphatic hydroxyl groups is 1. The van der Waals surface area contributed by atoms with Gasteiger partial charge in [0, 0.05) is 12.8 Å². The monoisotopic (exact) mass is 719 g/mol. The second-order valence-corrected chi connectivity index (χ2v) is 11.8.